The Morgan fingerprint density at radius 1 is 1.31 bits per heavy atom. The number of para-hydroxylation sites is 1. The molecule has 0 unspecified atom stereocenters. The topological polar surface area (TPSA) is 41.1 Å². The number of hydrogen-bond donors (Lipinski definition) is 2. The first-order valence-corrected chi connectivity index (χ1v) is 5.97. The summed E-state index contributed by atoms with van der Waals surface area (Å²) in [5, 5.41) is 5.97. The van der Waals surface area contributed by atoms with E-state index in [0.717, 1.165) is 10.2 Å². The zero-order chi connectivity index (χ0) is 12.2. The lowest BCUT2D eigenvalue weighted by molar-refractivity contribution is -0.115. The van der Waals surface area contributed by atoms with Crippen LogP contribution in [0.4, 0.5) is 5.69 Å². The van der Waals surface area contributed by atoms with Crippen molar-refractivity contribution in [2.75, 3.05) is 11.9 Å². The van der Waals surface area contributed by atoms with E-state index >= 15 is 0 Å². The smallest absolute Gasteiger partial charge is 0.238 e. The molecule has 88 valence electrons. The van der Waals surface area contributed by atoms with E-state index in [1.54, 1.807) is 0 Å². The van der Waals surface area contributed by atoms with E-state index < -0.39 is 0 Å². The minimum Gasteiger partial charge on any atom is -0.324 e. The molecule has 0 fully saturated rings. The van der Waals surface area contributed by atoms with Crippen molar-refractivity contribution in [3.63, 3.8) is 0 Å². The van der Waals surface area contributed by atoms with E-state index in [-0.39, 0.29) is 11.4 Å². The van der Waals surface area contributed by atoms with Gasteiger partial charge in [-0.2, -0.15) is 0 Å². The number of nitrogens with one attached hydrogen (secondary N) is 2. The van der Waals surface area contributed by atoms with Crippen LogP contribution in [0.15, 0.2) is 28.7 Å². The summed E-state index contributed by atoms with van der Waals surface area (Å²) in [6.45, 7) is 6.39. The third-order valence-electron chi connectivity index (χ3n) is 1.93. The second kappa shape index (κ2) is 5.46. The van der Waals surface area contributed by atoms with Crippen molar-refractivity contribution in [2.24, 2.45) is 0 Å². The van der Waals surface area contributed by atoms with E-state index in [1.807, 2.05) is 45.0 Å². The van der Waals surface area contributed by atoms with Gasteiger partial charge in [-0.25, -0.2) is 0 Å². The summed E-state index contributed by atoms with van der Waals surface area (Å²) in [5.41, 5.74) is 0.744. The molecule has 0 atom stereocenters. The Bertz CT molecular complexity index is 372. The molecule has 3 nitrogen and oxygen atoms in total. The van der Waals surface area contributed by atoms with Crippen LogP contribution < -0.4 is 10.6 Å². The van der Waals surface area contributed by atoms with E-state index in [2.05, 4.69) is 26.6 Å². The predicted octanol–water partition coefficient (Wildman–Crippen LogP) is 2.78. The minimum absolute atomic E-state index is 0.0400. The van der Waals surface area contributed by atoms with Crippen LogP contribution in [0.2, 0.25) is 0 Å². The van der Waals surface area contributed by atoms with Gasteiger partial charge < -0.3 is 10.6 Å². The molecular weight excluding hydrogens is 268 g/mol. The van der Waals surface area contributed by atoms with Gasteiger partial charge in [-0.1, -0.05) is 12.1 Å². The number of carbonyl (C=O) groups excluding carboxylic acids is 1. The highest BCUT2D eigenvalue weighted by Gasteiger charge is 2.11. The number of anilines is 1. The fourth-order valence-corrected chi connectivity index (χ4v) is 1.49. The largest absolute Gasteiger partial charge is 0.324 e. The highest BCUT2D eigenvalue weighted by Crippen LogP contribution is 2.20. The molecule has 1 aromatic carbocycles. The van der Waals surface area contributed by atoms with Crippen molar-refractivity contribution in [3.05, 3.63) is 28.7 Å². The number of halogens is 1. The fraction of sp³-hybridized carbons (Fsp3) is 0.417. The van der Waals surface area contributed by atoms with Crippen molar-refractivity contribution in [2.45, 2.75) is 26.3 Å². The second-order valence-electron chi connectivity index (χ2n) is 4.63. The molecule has 0 spiro atoms. The number of carbonyl (C=O) groups is 1. The van der Waals surface area contributed by atoms with Gasteiger partial charge in [-0.3, -0.25) is 4.79 Å². The standard InChI is InChI=1S/C12H17BrN2O/c1-12(2,3)14-8-11(16)15-10-7-5-4-6-9(10)13/h4-7,14H,8H2,1-3H3,(H,15,16). The van der Waals surface area contributed by atoms with Gasteiger partial charge in [-0.05, 0) is 48.8 Å². The zero-order valence-electron chi connectivity index (χ0n) is 9.80. The highest BCUT2D eigenvalue weighted by atomic mass is 79.9. The first-order valence-electron chi connectivity index (χ1n) is 5.18. The van der Waals surface area contributed by atoms with Crippen molar-refractivity contribution in [3.8, 4) is 0 Å². The van der Waals surface area contributed by atoms with Crippen LogP contribution in [0.1, 0.15) is 20.8 Å². The lowest BCUT2D eigenvalue weighted by Crippen LogP contribution is -2.41. The van der Waals surface area contributed by atoms with E-state index in [9.17, 15) is 4.79 Å². The summed E-state index contributed by atoms with van der Waals surface area (Å²) in [6, 6.07) is 7.55. The van der Waals surface area contributed by atoms with Crippen molar-refractivity contribution in [1.29, 1.82) is 0 Å². The summed E-state index contributed by atoms with van der Waals surface area (Å²) < 4.78 is 0.888. The van der Waals surface area contributed by atoms with Crippen LogP contribution in [0.3, 0.4) is 0 Å². The molecule has 0 heterocycles. The van der Waals surface area contributed by atoms with Gasteiger partial charge in [0, 0.05) is 10.0 Å². The zero-order valence-corrected chi connectivity index (χ0v) is 11.4. The molecule has 0 bridgehead atoms. The molecule has 2 N–H and O–H groups in total. The summed E-state index contributed by atoms with van der Waals surface area (Å²) in [7, 11) is 0. The number of rotatable bonds is 3. The molecule has 1 amide bonds. The molecule has 4 heteroatoms. The number of hydrogen-bond acceptors (Lipinski definition) is 2. The maximum atomic E-state index is 11.6. The maximum absolute atomic E-state index is 11.6. The third-order valence-corrected chi connectivity index (χ3v) is 2.62. The van der Waals surface area contributed by atoms with Crippen LogP contribution in [0.25, 0.3) is 0 Å². The molecule has 0 aliphatic rings. The molecule has 0 saturated heterocycles. The Kier molecular flexibility index (Phi) is 4.50. The Hall–Kier alpha value is -0.870. The molecule has 0 saturated carbocycles. The molecule has 0 aliphatic carbocycles. The van der Waals surface area contributed by atoms with E-state index in [0.29, 0.717) is 6.54 Å². The molecule has 0 aliphatic heterocycles. The van der Waals surface area contributed by atoms with E-state index in [4.69, 9.17) is 0 Å². The maximum Gasteiger partial charge on any atom is 0.238 e. The average molecular weight is 285 g/mol. The van der Waals surface area contributed by atoms with Gasteiger partial charge >= 0.3 is 0 Å². The van der Waals surface area contributed by atoms with Gasteiger partial charge in [0.15, 0.2) is 0 Å². The molecular formula is C12H17BrN2O. The average Bonchev–Trinajstić information content (AvgIpc) is 2.18. The molecule has 16 heavy (non-hydrogen) atoms. The van der Waals surface area contributed by atoms with Crippen molar-refractivity contribution < 1.29 is 4.79 Å². The first-order chi connectivity index (χ1) is 7.38. The van der Waals surface area contributed by atoms with E-state index in [1.165, 1.54) is 0 Å². The quantitative estimate of drug-likeness (QED) is 0.896. The Morgan fingerprint density at radius 2 is 1.94 bits per heavy atom. The lowest BCUT2D eigenvalue weighted by Gasteiger charge is -2.20. The summed E-state index contributed by atoms with van der Waals surface area (Å²) in [4.78, 5) is 11.6. The number of benzene rings is 1. The monoisotopic (exact) mass is 284 g/mol. The highest BCUT2D eigenvalue weighted by molar-refractivity contribution is 9.10. The van der Waals surface area contributed by atoms with Crippen LogP contribution in [-0.4, -0.2) is 18.0 Å². The lowest BCUT2D eigenvalue weighted by atomic mass is 10.1. The molecule has 0 radical (unpaired) electrons. The van der Waals surface area contributed by atoms with Crippen molar-refractivity contribution in [1.82, 2.24) is 5.32 Å². The van der Waals surface area contributed by atoms with Crippen LogP contribution in [-0.2, 0) is 4.79 Å². The van der Waals surface area contributed by atoms with Gasteiger partial charge in [-0.15, -0.1) is 0 Å². The Morgan fingerprint density at radius 3 is 2.50 bits per heavy atom. The second-order valence-corrected chi connectivity index (χ2v) is 5.49. The first kappa shape index (κ1) is 13.2. The van der Waals surface area contributed by atoms with Crippen LogP contribution in [0.5, 0.6) is 0 Å². The van der Waals surface area contributed by atoms with Gasteiger partial charge in [0.2, 0.25) is 5.91 Å². The number of amides is 1. The van der Waals surface area contributed by atoms with Crippen LogP contribution in [0, 0.1) is 0 Å². The minimum atomic E-state index is -0.0503. The SMILES string of the molecule is CC(C)(C)NCC(=O)Nc1ccccc1Br. The Labute approximate surface area is 105 Å². The summed E-state index contributed by atoms with van der Waals surface area (Å²) in [5.74, 6) is -0.0400. The van der Waals surface area contributed by atoms with Gasteiger partial charge in [0.25, 0.3) is 0 Å². The van der Waals surface area contributed by atoms with Crippen molar-refractivity contribution >= 4 is 27.5 Å². The third kappa shape index (κ3) is 4.77. The van der Waals surface area contributed by atoms with Gasteiger partial charge in [0.1, 0.15) is 0 Å². The fourth-order valence-electron chi connectivity index (χ4n) is 1.10. The summed E-state index contributed by atoms with van der Waals surface area (Å²) in [6.07, 6.45) is 0. The van der Waals surface area contributed by atoms with Gasteiger partial charge in [0.05, 0.1) is 12.2 Å². The Balaban J connectivity index is 2.50. The van der Waals surface area contributed by atoms with Crippen LogP contribution >= 0.6 is 15.9 Å². The molecule has 1 aromatic rings. The summed E-state index contributed by atoms with van der Waals surface area (Å²) >= 11 is 3.38. The molecule has 1 rings (SSSR count). The normalized spacial score (nSPS) is 11.2. The predicted molar refractivity (Wildman–Crippen MR) is 70.5 cm³/mol. The molecule has 0 aromatic heterocycles.